The van der Waals surface area contributed by atoms with Crippen molar-refractivity contribution in [1.82, 2.24) is 4.57 Å². The van der Waals surface area contributed by atoms with Gasteiger partial charge >= 0.3 is 12.1 Å². The van der Waals surface area contributed by atoms with E-state index in [4.69, 9.17) is 21.7 Å². The molecule has 3 aromatic rings. The number of alkyl halides is 3. The highest BCUT2D eigenvalue weighted by Crippen LogP contribution is 2.30. The maximum absolute atomic E-state index is 13.7. The van der Waals surface area contributed by atoms with Crippen molar-refractivity contribution in [3.05, 3.63) is 71.8 Å². The van der Waals surface area contributed by atoms with Crippen LogP contribution in [0.3, 0.4) is 0 Å². The van der Waals surface area contributed by atoms with Crippen LogP contribution in [0.5, 0.6) is 5.88 Å². The zero-order chi connectivity index (χ0) is 24.5. The van der Waals surface area contributed by atoms with Crippen LogP contribution < -0.4 is 10.8 Å². The SMILES string of the molecule is O=C(O)CCCCCn1c(O)c(/C=c2\cc/c(=c3/cc4c(cc3C(F)(F)F)=NC=C4)o2)sc1=S. The van der Waals surface area contributed by atoms with Gasteiger partial charge in [-0.05, 0) is 55.4 Å². The van der Waals surface area contributed by atoms with Gasteiger partial charge in [0.15, 0.2) is 3.95 Å². The van der Waals surface area contributed by atoms with Crippen LogP contribution in [0.25, 0.3) is 12.2 Å². The van der Waals surface area contributed by atoms with E-state index in [2.05, 4.69) is 4.99 Å². The maximum atomic E-state index is 13.7. The van der Waals surface area contributed by atoms with Crippen molar-refractivity contribution in [2.75, 3.05) is 0 Å². The van der Waals surface area contributed by atoms with Gasteiger partial charge in [-0.2, -0.15) is 13.2 Å². The Labute approximate surface area is 199 Å². The van der Waals surface area contributed by atoms with E-state index in [1.165, 1.54) is 30.5 Å². The molecule has 2 N–H and O–H groups in total. The molecule has 0 saturated carbocycles. The zero-order valence-electron chi connectivity index (χ0n) is 17.6. The lowest BCUT2D eigenvalue weighted by Gasteiger charge is -2.07. The maximum Gasteiger partial charge on any atom is 0.417 e. The molecule has 0 radical (unpaired) electrons. The summed E-state index contributed by atoms with van der Waals surface area (Å²) in [5.41, 5.74) is 0.0415. The van der Waals surface area contributed by atoms with Gasteiger partial charge in [0.1, 0.15) is 10.8 Å². The summed E-state index contributed by atoms with van der Waals surface area (Å²) in [5, 5.41) is 19.4. The number of aromatic nitrogens is 1. The number of carbonyl (C=O) groups is 1. The first-order valence-electron chi connectivity index (χ1n) is 10.4. The third-order valence-electron chi connectivity index (χ3n) is 5.27. The molecular formula is C23H19F3N2O4S2. The minimum atomic E-state index is -4.58. The second-order valence-electron chi connectivity index (χ2n) is 7.66. The number of thiazole rings is 1. The summed E-state index contributed by atoms with van der Waals surface area (Å²) in [6.07, 6.45) is 1.96. The molecule has 1 aromatic carbocycles. The van der Waals surface area contributed by atoms with Crippen molar-refractivity contribution in [3.63, 3.8) is 0 Å². The fourth-order valence-corrected chi connectivity index (χ4v) is 4.92. The normalized spacial score (nSPS) is 14.4. The van der Waals surface area contributed by atoms with Gasteiger partial charge in [0.25, 0.3) is 0 Å². The number of carboxylic acids is 1. The van der Waals surface area contributed by atoms with Crippen LogP contribution in [-0.4, -0.2) is 20.7 Å². The standard InChI is InChI=1S/C23H19F3N2O4S2/c24-23(25,26)16-12-17-13(7-8-27-17)10-15(16)18-6-5-14(32-18)11-19-21(31)28(22(33)34-19)9-3-1-2-4-20(29)30/h5-8,10-12,31H,1-4,9H2,(H,29,30)/b14-11+,18-15+. The number of aromatic hydroxyl groups is 1. The minimum Gasteiger partial charge on any atom is -0.493 e. The van der Waals surface area contributed by atoms with Crippen molar-refractivity contribution in [1.29, 1.82) is 0 Å². The summed E-state index contributed by atoms with van der Waals surface area (Å²) in [6.45, 7) is 0.431. The molecule has 0 spiro atoms. The lowest BCUT2D eigenvalue weighted by atomic mass is 10.1. The van der Waals surface area contributed by atoms with E-state index >= 15 is 0 Å². The largest absolute Gasteiger partial charge is 0.493 e. The summed E-state index contributed by atoms with van der Waals surface area (Å²) < 4.78 is 48.7. The van der Waals surface area contributed by atoms with Crippen LogP contribution in [0.4, 0.5) is 13.2 Å². The van der Waals surface area contributed by atoms with E-state index in [9.17, 15) is 23.1 Å². The molecule has 2 aromatic heterocycles. The molecule has 0 atom stereocenters. The van der Waals surface area contributed by atoms with Crippen LogP contribution in [-0.2, 0) is 17.5 Å². The molecule has 4 rings (SSSR count). The van der Waals surface area contributed by atoms with Crippen LogP contribution >= 0.6 is 23.6 Å². The highest BCUT2D eigenvalue weighted by molar-refractivity contribution is 7.73. The summed E-state index contributed by atoms with van der Waals surface area (Å²) in [5.74, 6) is -0.912. The van der Waals surface area contributed by atoms with Gasteiger partial charge in [-0.3, -0.25) is 14.4 Å². The Morgan fingerprint density at radius 1 is 1.24 bits per heavy atom. The average Bonchev–Trinajstić information content (AvgIpc) is 3.47. The Morgan fingerprint density at radius 2 is 2.03 bits per heavy atom. The van der Waals surface area contributed by atoms with Crippen LogP contribution in [0.2, 0.25) is 0 Å². The van der Waals surface area contributed by atoms with Gasteiger partial charge in [0.2, 0.25) is 5.88 Å². The van der Waals surface area contributed by atoms with E-state index in [1.807, 2.05) is 0 Å². The number of aliphatic carboxylic acids is 1. The predicted molar refractivity (Wildman–Crippen MR) is 122 cm³/mol. The molecule has 0 bridgehead atoms. The molecule has 3 heterocycles. The molecule has 34 heavy (non-hydrogen) atoms. The molecule has 0 aliphatic carbocycles. The number of unbranched alkanes of at least 4 members (excludes halogenated alkanes) is 2. The highest BCUT2D eigenvalue weighted by Gasteiger charge is 2.32. The van der Waals surface area contributed by atoms with E-state index in [0.717, 1.165) is 17.4 Å². The number of hydrogen-bond donors (Lipinski definition) is 2. The summed E-state index contributed by atoms with van der Waals surface area (Å²) >= 11 is 6.47. The fourth-order valence-electron chi connectivity index (χ4n) is 3.62. The first-order valence-corrected chi connectivity index (χ1v) is 11.6. The van der Waals surface area contributed by atoms with Crippen LogP contribution in [0, 0.1) is 14.6 Å². The van der Waals surface area contributed by atoms with Crippen LogP contribution in [0.15, 0.2) is 39.9 Å². The Morgan fingerprint density at radius 3 is 2.76 bits per heavy atom. The van der Waals surface area contributed by atoms with Crippen molar-refractivity contribution < 1.29 is 32.6 Å². The fraction of sp³-hybridized carbons (Fsp3) is 0.261. The summed E-state index contributed by atoms with van der Waals surface area (Å²) in [7, 11) is 0. The van der Waals surface area contributed by atoms with Gasteiger partial charge < -0.3 is 14.6 Å². The highest BCUT2D eigenvalue weighted by atomic mass is 32.1. The van der Waals surface area contributed by atoms with E-state index in [0.29, 0.717) is 40.2 Å². The van der Waals surface area contributed by atoms with Gasteiger partial charge in [0, 0.05) is 36.0 Å². The molecular weight excluding hydrogens is 489 g/mol. The van der Waals surface area contributed by atoms with E-state index in [-0.39, 0.29) is 33.7 Å². The molecule has 1 aliphatic heterocycles. The smallest absolute Gasteiger partial charge is 0.417 e. The predicted octanol–water partition coefficient (Wildman–Crippen LogP) is 4.96. The van der Waals surface area contributed by atoms with Crippen molar-refractivity contribution in [3.8, 4) is 5.88 Å². The number of furan rings is 1. The van der Waals surface area contributed by atoms with Gasteiger partial charge in [-0.15, -0.1) is 11.3 Å². The Bertz CT molecular complexity index is 1550. The van der Waals surface area contributed by atoms with Crippen molar-refractivity contribution >= 4 is 41.7 Å². The number of rotatable bonds is 7. The van der Waals surface area contributed by atoms with Gasteiger partial charge in [-0.25, -0.2) is 0 Å². The molecule has 1 aliphatic rings. The zero-order valence-corrected chi connectivity index (χ0v) is 19.3. The van der Waals surface area contributed by atoms with Crippen molar-refractivity contribution in [2.24, 2.45) is 4.99 Å². The quantitative estimate of drug-likeness (QED) is 0.348. The lowest BCUT2D eigenvalue weighted by molar-refractivity contribution is -0.138. The molecule has 178 valence electrons. The Balaban J connectivity index is 1.69. The third-order valence-corrected chi connectivity index (χ3v) is 6.66. The summed E-state index contributed by atoms with van der Waals surface area (Å²) in [4.78, 5) is 15.0. The second-order valence-corrected chi connectivity index (χ2v) is 9.33. The number of carboxylic acid groups (broad SMARTS) is 1. The first-order chi connectivity index (χ1) is 16.1. The van der Waals surface area contributed by atoms with Gasteiger partial charge in [0.05, 0.1) is 15.8 Å². The summed E-state index contributed by atoms with van der Waals surface area (Å²) in [6, 6.07) is 5.39. The number of hydrogen-bond acceptors (Lipinski definition) is 6. The monoisotopic (exact) mass is 508 g/mol. The topological polar surface area (TPSA) is 88.0 Å². The first kappa shape index (κ1) is 24.0. The van der Waals surface area contributed by atoms with E-state index < -0.39 is 17.7 Å². The number of fused-ring (bicyclic) bond motifs is 1. The molecule has 0 amide bonds. The Hall–Kier alpha value is -3.18. The molecule has 0 saturated heterocycles. The third kappa shape index (κ3) is 5.15. The minimum absolute atomic E-state index is 0.0441. The number of nitrogens with zero attached hydrogens (tertiary/aromatic N) is 2. The molecule has 6 nitrogen and oxygen atoms in total. The number of benzene rings is 1. The Kier molecular flexibility index (Phi) is 6.76. The van der Waals surface area contributed by atoms with Crippen LogP contribution in [0.1, 0.15) is 41.7 Å². The number of halogens is 3. The second kappa shape index (κ2) is 9.59. The molecule has 11 heteroatoms. The van der Waals surface area contributed by atoms with E-state index in [1.54, 1.807) is 10.6 Å². The van der Waals surface area contributed by atoms with Crippen molar-refractivity contribution in [2.45, 2.75) is 38.4 Å². The lowest BCUT2D eigenvalue weighted by Crippen LogP contribution is -2.13. The van der Waals surface area contributed by atoms with Gasteiger partial charge in [-0.1, -0.05) is 6.42 Å². The molecule has 0 unspecified atom stereocenters. The molecule has 0 fully saturated rings. The average molecular weight is 509 g/mol.